The molecule has 1 aliphatic carbocycles. The summed E-state index contributed by atoms with van der Waals surface area (Å²) in [5.41, 5.74) is 0. The van der Waals surface area contributed by atoms with Gasteiger partial charge in [-0.15, -0.1) is 0 Å². The molecule has 1 N–H and O–H groups in total. The molecule has 2 aliphatic rings. The van der Waals surface area contributed by atoms with E-state index < -0.39 is 0 Å². The van der Waals surface area contributed by atoms with Crippen LogP contribution in [0.1, 0.15) is 26.7 Å². The topological polar surface area (TPSA) is 15.3 Å². The molecule has 2 heteroatoms. The average Bonchev–Trinajstić information content (AvgIpc) is 2.87. The molecule has 0 aromatic rings. The summed E-state index contributed by atoms with van der Waals surface area (Å²) >= 11 is 0. The number of piperazine rings is 1. The van der Waals surface area contributed by atoms with E-state index in [1.54, 1.807) is 0 Å². The molecule has 2 atom stereocenters. The molecule has 2 rings (SSSR count). The Labute approximate surface area is 75.3 Å². The van der Waals surface area contributed by atoms with Gasteiger partial charge in [-0.05, 0) is 32.2 Å². The fourth-order valence-electron chi connectivity index (χ4n) is 2.31. The fourth-order valence-corrected chi connectivity index (χ4v) is 2.31. The third kappa shape index (κ3) is 1.64. The van der Waals surface area contributed by atoms with Crippen LogP contribution in [-0.2, 0) is 0 Å². The molecule has 1 heterocycles. The summed E-state index contributed by atoms with van der Waals surface area (Å²) in [7, 11) is 0. The van der Waals surface area contributed by atoms with E-state index in [1.807, 2.05) is 0 Å². The Hall–Kier alpha value is -0.0800. The quantitative estimate of drug-likeness (QED) is 0.663. The van der Waals surface area contributed by atoms with Gasteiger partial charge in [-0.3, -0.25) is 4.90 Å². The first-order chi connectivity index (χ1) is 5.81. The van der Waals surface area contributed by atoms with Crippen molar-refractivity contribution in [2.45, 2.75) is 38.8 Å². The van der Waals surface area contributed by atoms with Gasteiger partial charge in [0.1, 0.15) is 0 Å². The SMILES string of the molecule is CCN1CC(C)NCC1C1CC1. The van der Waals surface area contributed by atoms with Gasteiger partial charge in [0.15, 0.2) is 0 Å². The van der Waals surface area contributed by atoms with Crippen molar-refractivity contribution in [1.29, 1.82) is 0 Å². The summed E-state index contributed by atoms with van der Waals surface area (Å²) in [6.45, 7) is 8.27. The van der Waals surface area contributed by atoms with E-state index in [-0.39, 0.29) is 0 Å². The lowest BCUT2D eigenvalue weighted by molar-refractivity contribution is 0.126. The van der Waals surface area contributed by atoms with Crippen molar-refractivity contribution in [2.75, 3.05) is 19.6 Å². The van der Waals surface area contributed by atoms with E-state index >= 15 is 0 Å². The molecule has 0 aromatic heterocycles. The van der Waals surface area contributed by atoms with E-state index in [4.69, 9.17) is 0 Å². The van der Waals surface area contributed by atoms with Crippen LogP contribution in [0, 0.1) is 5.92 Å². The lowest BCUT2D eigenvalue weighted by Gasteiger charge is -2.39. The van der Waals surface area contributed by atoms with Crippen molar-refractivity contribution in [1.82, 2.24) is 10.2 Å². The first-order valence-corrected chi connectivity index (χ1v) is 5.28. The van der Waals surface area contributed by atoms with Gasteiger partial charge >= 0.3 is 0 Å². The van der Waals surface area contributed by atoms with Crippen molar-refractivity contribution in [3.8, 4) is 0 Å². The highest BCUT2D eigenvalue weighted by Gasteiger charge is 2.36. The molecule has 0 bridgehead atoms. The Morgan fingerprint density at radius 1 is 1.42 bits per heavy atom. The van der Waals surface area contributed by atoms with Gasteiger partial charge in [-0.25, -0.2) is 0 Å². The Kier molecular flexibility index (Phi) is 2.37. The van der Waals surface area contributed by atoms with Gasteiger partial charge in [0, 0.05) is 25.2 Å². The van der Waals surface area contributed by atoms with Crippen LogP contribution in [0.25, 0.3) is 0 Å². The normalized spacial score (nSPS) is 38.5. The number of rotatable bonds is 2. The van der Waals surface area contributed by atoms with Crippen LogP contribution in [0.3, 0.4) is 0 Å². The maximum Gasteiger partial charge on any atom is 0.0249 e. The predicted molar refractivity (Wildman–Crippen MR) is 51.2 cm³/mol. The Morgan fingerprint density at radius 2 is 2.17 bits per heavy atom. The van der Waals surface area contributed by atoms with Crippen LogP contribution in [0.5, 0.6) is 0 Å². The van der Waals surface area contributed by atoms with E-state index in [1.165, 1.54) is 32.5 Å². The summed E-state index contributed by atoms with van der Waals surface area (Å²) in [4.78, 5) is 2.65. The Morgan fingerprint density at radius 3 is 2.75 bits per heavy atom. The highest BCUT2D eigenvalue weighted by atomic mass is 15.2. The zero-order chi connectivity index (χ0) is 8.55. The van der Waals surface area contributed by atoms with Crippen molar-refractivity contribution in [3.05, 3.63) is 0 Å². The van der Waals surface area contributed by atoms with Crippen LogP contribution in [0.4, 0.5) is 0 Å². The van der Waals surface area contributed by atoms with E-state index in [9.17, 15) is 0 Å². The summed E-state index contributed by atoms with van der Waals surface area (Å²) < 4.78 is 0. The van der Waals surface area contributed by atoms with Gasteiger partial charge in [0.25, 0.3) is 0 Å². The zero-order valence-electron chi connectivity index (χ0n) is 8.21. The largest absolute Gasteiger partial charge is 0.311 e. The molecule has 2 nitrogen and oxygen atoms in total. The molecule has 0 radical (unpaired) electrons. The number of hydrogen-bond acceptors (Lipinski definition) is 2. The molecule has 0 amide bonds. The van der Waals surface area contributed by atoms with Gasteiger partial charge in [-0.2, -0.15) is 0 Å². The maximum atomic E-state index is 3.58. The number of hydrogen-bond donors (Lipinski definition) is 1. The number of nitrogens with one attached hydrogen (secondary N) is 1. The number of nitrogens with zero attached hydrogens (tertiary/aromatic N) is 1. The van der Waals surface area contributed by atoms with Crippen molar-refractivity contribution < 1.29 is 0 Å². The van der Waals surface area contributed by atoms with Crippen molar-refractivity contribution in [2.24, 2.45) is 5.92 Å². The first-order valence-electron chi connectivity index (χ1n) is 5.28. The minimum Gasteiger partial charge on any atom is -0.311 e. The molecule has 2 fully saturated rings. The maximum absolute atomic E-state index is 3.58. The van der Waals surface area contributed by atoms with Crippen LogP contribution in [0.2, 0.25) is 0 Å². The molecule has 1 saturated carbocycles. The van der Waals surface area contributed by atoms with Gasteiger partial charge in [-0.1, -0.05) is 6.92 Å². The first kappa shape index (κ1) is 8.52. The molecule has 1 saturated heterocycles. The van der Waals surface area contributed by atoms with Crippen LogP contribution >= 0.6 is 0 Å². The second-order valence-electron chi connectivity index (χ2n) is 4.30. The molecular formula is C10H20N2. The number of likely N-dealkylation sites (N-methyl/N-ethyl adjacent to an activating group) is 1. The Bertz CT molecular complexity index is 154. The summed E-state index contributed by atoms with van der Waals surface area (Å²) in [6.07, 6.45) is 2.94. The second kappa shape index (κ2) is 3.35. The molecule has 1 aliphatic heterocycles. The molecule has 0 spiro atoms. The molecular weight excluding hydrogens is 148 g/mol. The second-order valence-corrected chi connectivity index (χ2v) is 4.30. The molecule has 12 heavy (non-hydrogen) atoms. The average molecular weight is 168 g/mol. The molecule has 2 unspecified atom stereocenters. The molecule has 70 valence electrons. The van der Waals surface area contributed by atoms with Crippen LogP contribution < -0.4 is 5.32 Å². The Balaban J connectivity index is 1.92. The highest BCUT2D eigenvalue weighted by Crippen LogP contribution is 2.35. The van der Waals surface area contributed by atoms with Crippen molar-refractivity contribution >= 4 is 0 Å². The molecule has 0 aromatic carbocycles. The highest BCUT2D eigenvalue weighted by molar-refractivity contribution is 4.93. The predicted octanol–water partition coefficient (Wildman–Crippen LogP) is 1.08. The third-order valence-corrected chi connectivity index (χ3v) is 3.23. The fraction of sp³-hybridized carbons (Fsp3) is 1.00. The minimum absolute atomic E-state index is 0.694. The van der Waals surface area contributed by atoms with E-state index in [2.05, 4.69) is 24.1 Å². The van der Waals surface area contributed by atoms with Crippen LogP contribution in [-0.4, -0.2) is 36.6 Å². The third-order valence-electron chi connectivity index (χ3n) is 3.23. The lowest BCUT2D eigenvalue weighted by atomic mass is 10.1. The van der Waals surface area contributed by atoms with Crippen molar-refractivity contribution in [3.63, 3.8) is 0 Å². The van der Waals surface area contributed by atoms with E-state index in [0.29, 0.717) is 6.04 Å². The van der Waals surface area contributed by atoms with Gasteiger partial charge in [0.2, 0.25) is 0 Å². The lowest BCUT2D eigenvalue weighted by Crippen LogP contribution is -2.56. The zero-order valence-corrected chi connectivity index (χ0v) is 8.21. The standard InChI is InChI=1S/C10H20N2/c1-3-12-7-8(2)11-6-10(12)9-4-5-9/h8-11H,3-7H2,1-2H3. The summed E-state index contributed by atoms with van der Waals surface area (Å²) in [6, 6.07) is 1.55. The van der Waals surface area contributed by atoms with Crippen LogP contribution in [0.15, 0.2) is 0 Å². The minimum atomic E-state index is 0.694. The monoisotopic (exact) mass is 168 g/mol. The van der Waals surface area contributed by atoms with E-state index in [0.717, 1.165) is 12.0 Å². The summed E-state index contributed by atoms with van der Waals surface area (Å²) in [5, 5.41) is 3.58. The van der Waals surface area contributed by atoms with Gasteiger partial charge < -0.3 is 5.32 Å². The van der Waals surface area contributed by atoms with Gasteiger partial charge in [0.05, 0.1) is 0 Å². The smallest absolute Gasteiger partial charge is 0.0249 e. The summed E-state index contributed by atoms with van der Waals surface area (Å²) in [5.74, 6) is 1.02.